The first kappa shape index (κ1) is 14.3. The van der Waals surface area contributed by atoms with Gasteiger partial charge >= 0.3 is 0 Å². The minimum atomic E-state index is -3.24. The SMILES string of the molecule is CN(c1cnn(C)c1)S(=O)(=O)CCCCCCl. The number of rotatable bonds is 7. The molecule has 5 nitrogen and oxygen atoms in total. The molecule has 7 heteroatoms. The quantitative estimate of drug-likeness (QED) is 0.563. The summed E-state index contributed by atoms with van der Waals surface area (Å²) in [5.41, 5.74) is 0.588. The summed E-state index contributed by atoms with van der Waals surface area (Å²) in [6.45, 7) is 0. The molecule has 1 aromatic heterocycles. The maximum absolute atomic E-state index is 12.0. The number of aryl methyl sites for hydroxylation is 1. The molecular weight excluding hydrogens is 262 g/mol. The number of alkyl halides is 1. The Morgan fingerprint density at radius 2 is 2.12 bits per heavy atom. The van der Waals surface area contributed by atoms with Crippen LogP contribution >= 0.6 is 11.6 Å². The van der Waals surface area contributed by atoms with Crippen LogP contribution in [0.2, 0.25) is 0 Å². The number of hydrogen-bond acceptors (Lipinski definition) is 3. The number of nitrogens with zero attached hydrogens (tertiary/aromatic N) is 3. The zero-order valence-corrected chi connectivity index (χ0v) is 11.7. The molecule has 0 atom stereocenters. The van der Waals surface area contributed by atoms with Crippen LogP contribution in [0, 0.1) is 0 Å². The van der Waals surface area contributed by atoms with Crippen LogP contribution in [0.15, 0.2) is 12.4 Å². The van der Waals surface area contributed by atoms with E-state index >= 15 is 0 Å². The van der Waals surface area contributed by atoms with E-state index < -0.39 is 10.0 Å². The summed E-state index contributed by atoms with van der Waals surface area (Å²) in [7, 11) is 0.0603. The monoisotopic (exact) mass is 279 g/mol. The van der Waals surface area contributed by atoms with Gasteiger partial charge in [-0.2, -0.15) is 5.10 Å². The number of hydrogen-bond donors (Lipinski definition) is 0. The van der Waals surface area contributed by atoms with Crippen LogP contribution in [0.4, 0.5) is 5.69 Å². The van der Waals surface area contributed by atoms with Gasteiger partial charge in [-0.05, 0) is 12.8 Å². The van der Waals surface area contributed by atoms with Crippen molar-refractivity contribution in [1.29, 1.82) is 0 Å². The van der Waals surface area contributed by atoms with E-state index in [-0.39, 0.29) is 5.75 Å². The molecule has 0 fully saturated rings. The van der Waals surface area contributed by atoms with Crippen LogP contribution in [0.25, 0.3) is 0 Å². The van der Waals surface area contributed by atoms with Crippen molar-refractivity contribution in [2.45, 2.75) is 19.3 Å². The van der Waals surface area contributed by atoms with E-state index in [0.717, 1.165) is 12.8 Å². The molecule has 0 unspecified atom stereocenters. The van der Waals surface area contributed by atoms with Gasteiger partial charge in [0.15, 0.2) is 0 Å². The number of aromatic nitrogens is 2. The lowest BCUT2D eigenvalue weighted by molar-refractivity contribution is 0.589. The topological polar surface area (TPSA) is 55.2 Å². The van der Waals surface area contributed by atoms with Crippen molar-refractivity contribution in [3.8, 4) is 0 Å². The lowest BCUT2D eigenvalue weighted by Gasteiger charge is -2.17. The van der Waals surface area contributed by atoms with Crippen LogP contribution in [-0.2, 0) is 17.1 Å². The highest BCUT2D eigenvalue weighted by atomic mass is 35.5. The first-order valence-corrected chi connectivity index (χ1v) is 7.63. The molecule has 0 aliphatic rings. The predicted molar refractivity (Wildman–Crippen MR) is 70.0 cm³/mol. The molecule has 0 spiro atoms. The fourth-order valence-electron chi connectivity index (χ4n) is 1.42. The summed E-state index contributed by atoms with van der Waals surface area (Å²) in [6.07, 6.45) is 5.55. The van der Waals surface area contributed by atoms with Crippen molar-refractivity contribution in [3.63, 3.8) is 0 Å². The van der Waals surface area contributed by atoms with E-state index in [1.807, 2.05) is 0 Å². The minimum absolute atomic E-state index is 0.148. The molecule has 0 N–H and O–H groups in total. The van der Waals surface area contributed by atoms with E-state index in [0.29, 0.717) is 18.0 Å². The Labute approximate surface area is 107 Å². The molecule has 0 saturated heterocycles. The van der Waals surface area contributed by atoms with Crippen LogP contribution in [-0.4, -0.2) is 36.9 Å². The number of sulfonamides is 1. The number of unbranched alkanes of at least 4 members (excludes halogenated alkanes) is 2. The third-order valence-electron chi connectivity index (χ3n) is 2.51. The lowest BCUT2D eigenvalue weighted by Crippen LogP contribution is -2.28. The van der Waals surface area contributed by atoms with E-state index in [2.05, 4.69) is 5.10 Å². The fourth-order valence-corrected chi connectivity index (χ4v) is 2.87. The first-order chi connectivity index (χ1) is 7.97. The Bertz CT molecular complexity index is 444. The first-order valence-electron chi connectivity index (χ1n) is 5.48. The molecule has 0 bridgehead atoms. The third-order valence-corrected chi connectivity index (χ3v) is 4.63. The van der Waals surface area contributed by atoms with Gasteiger partial charge in [0.25, 0.3) is 0 Å². The van der Waals surface area contributed by atoms with E-state index in [9.17, 15) is 8.42 Å². The van der Waals surface area contributed by atoms with Gasteiger partial charge in [0.2, 0.25) is 10.0 Å². The van der Waals surface area contributed by atoms with Crippen LogP contribution < -0.4 is 4.31 Å². The second-order valence-electron chi connectivity index (χ2n) is 3.91. The predicted octanol–water partition coefficient (Wildman–Crippen LogP) is 1.60. The zero-order valence-electron chi connectivity index (χ0n) is 10.1. The third kappa shape index (κ3) is 4.20. The van der Waals surface area contributed by atoms with E-state index in [4.69, 9.17) is 11.6 Å². The van der Waals surface area contributed by atoms with Crippen LogP contribution in [0.5, 0.6) is 0 Å². The molecule has 0 aliphatic carbocycles. The Morgan fingerprint density at radius 3 is 2.65 bits per heavy atom. The summed E-state index contributed by atoms with van der Waals surface area (Å²) in [4.78, 5) is 0. The molecule has 0 aromatic carbocycles. The van der Waals surface area contributed by atoms with Crippen molar-refractivity contribution in [2.75, 3.05) is 23.0 Å². The van der Waals surface area contributed by atoms with Crippen molar-refractivity contribution in [2.24, 2.45) is 7.05 Å². The molecule has 1 heterocycles. The lowest BCUT2D eigenvalue weighted by atomic mass is 10.3. The highest BCUT2D eigenvalue weighted by Crippen LogP contribution is 2.15. The second kappa shape index (κ2) is 6.26. The van der Waals surface area contributed by atoms with Gasteiger partial charge in [0.05, 0.1) is 17.6 Å². The molecule has 0 saturated carbocycles. The summed E-state index contributed by atoms with van der Waals surface area (Å²) in [6, 6.07) is 0. The molecule has 17 heavy (non-hydrogen) atoms. The highest BCUT2D eigenvalue weighted by molar-refractivity contribution is 7.92. The standard InChI is InChI=1S/C10H18ClN3O2S/c1-13-9-10(8-12-13)14(2)17(15,16)7-5-3-4-6-11/h8-9H,3-7H2,1-2H3. The van der Waals surface area contributed by atoms with Crippen LogP contribution in [0.3, 0.4) is 0 Å². The highest BCUT2D eigenvalue weighted by Gasteiger charge is 2.18. The van der Waals surface area contributed by atoms with E-state index in [1.165, 1.54) is 10.5 Å². The molecule has 98 valence electrons. The molecule has 0 amide bonds. The van der Waals surface area contributed by atoms with Gasteiger partial charge in [0.1, 0.15) is 0 Å². The van der Waals surface area contributed by atoms with Crippen molar-refractivity contribution >= 4 is 27.3 Å². The van der Waals surface area contributed by atoms with Gasteiger partial charge in [-0.15, -0.1) is 11.6 Å². The van der Waals surface area contributed by atoms with Gasteiger partial charge in [-0.25, -0.2) is 8.42 Å². The van der Waals surface area contributed by atoms with Crippen LogP contribution in [0.1, 0.15) is 19.3 Å². The second-order valence-corrected chi connectivity index (χ2v) is 6.40. The summed E-state index contributed by atoms with van der Waals surface area (Å²) < 4.78 is 26.8. The van der Waals surface area contributed by atoms with Gasteiger partial charge in [-0.1, -0.05) is 6.42 Å². The number of anilines is 1. The summed E-state index contributed by atoms with van der Waals surface area (Å²) >= 11 is 5.54. The maximum atomic E-state index is 12.0. The van der Waals surface area contributed by atoms with Gasteiger partial charge in [-0.3, -0.25) is 8.99 Å². The average molecular weight is 280 g/mol. The van der Waals surface area contributed by atoms with E-state index in [1.54, 1.807) is 25.0 Å². The normalized spacial score (nSPS) is 11.7. The molecule has 0 radical (unpaired) electrons. The molecule has 0 aliphatic heterocycles. The molecule has 1 aromatic rings. The summed E-state index contributed by atoms with van der Waals surface area (Å²) in [5, 5.41) is 3.95. The van der Waals surface area contributed by atoms with Crippen molar-refractivity contribution in [3.05, 3.63) is 12.4 Å². The summed E-state index contributed by atoms with van der Waals surface area (Å²) in [5.74, 6) is 0.730. The minimum Gasteiger partial charge on any atom is -0.274 e. The fraction of sp³-hybridized carbons (Fsp3) is 0.700. The average Bonchev–Trinajstić information content (AvgIpc) is 2.70. The Kier molecular flexibility index (Phi) is 5.27. The Morgan fingerprint density at radius 1 is 1.41 bits per heavy atom. The smallest absolute Gasteiger partial charge is 0.234 e. The van der Waals surface area contributed by atoms with Crippen molar-refractivity contribution in [1.82, 2.24) is 9.78 Å². The van der Waals surface area contributed by atoms with Gasteiger partial charge < -0.3 is 0 Å². The maximum Gasteiger partial charge on any atom is 0.234 e. The largest absolute Gasteiger partial charge is 0.274 e. The van der Waals surface area contributed by atoms with Crippen molar-refractivity contribution < 1.29 is 8.42 Å². The molecular formula is C10H18ClN3O2S. The van der Waals surface area contributed by atoms with Gasteiger partial charge in [0, 0.05) is 26.2 Å². The molecule has 1 rings (SSSR count). The zero-order chi connectivity index (χ0) is 12.9. The Balaban J connectivity index is 2.58. The number of halogens is 1. The Hall–Kier alpha value is -0.750.